The van der Waals surface area contributed by atoms with Crippen LogP contribution in [0.4, 0.5) is 0 Å². The second-order valence-corrected chi connectivity index (χ2v) is 16.3. The minimum atomic E-state index is -2.09. The molecule has 0 fully saturated rings. The number of para-hydroxylation sites is 2. The number of hydrogen-bond acceptors (Lipinski definition) is 3. The average Bonchev–Trinajstić information content (AvgIpc) is 3.94. The molecule has 0 spiro atoms. The summed E-state index contributed by atoms with van der Waals surface area (Å²) in [5.41, 5.74) is 16.1. The van der Waals surface area contributed by atoms with E-state index in [2.05, 4.69) is 171 Å². The minimum Gasteiger partial charge on any atom is -0.477 e. The fourth-order valence-electron chi connectivity index (χ4n) is 8.05. The molecule has 0 aliphatic heterocycles. The molecule has 63 heavy (non-hydrogen) atoms. The minimum absolute atomic E-state index is 0. The van der Waals surface area contributed by atoms with Crippen molar-refractivity contribution in [3.05, 3.63) is 210 Å². The van der Waals surface area contributed by atoms with E-state index in [1.807, 2.05) is 43.3 Å². The van der Waals surface area contributed by atoms with Crippen molar-refractivity contribution < 1.29 is 28.6 Å². The molecule has 0 aliphatic carbocycles. The van der Waals surface area contributed by atoms with Gasteiger partial charge in [0.25, 0.3) is 0 Å². The molecule has 10 aromatic rings. The van der Waals surface area contributed by atoms with Crippen molar-refractivity contribution >= 4 is 22.0 Å². The molecule has 5 heteroatoms. The van der Waals surface area contributed by atoms with Gasteiger partial charge in [0.2, 0.25) is 0 Å². The zero-order valence-electron chi connectivity index (χ0n) is 39.0. The smallest absolute Gasteiger partial charge is 0.123 e. The molecular weight excluding hydrogens is 947 g/mol. The molecule has 0 saturated carbocycles. The Morgan fingerprint density at radius 3 is 1.84 bits per heavy atom. The van der Waals surface area contributed by atoms with Crippen molar-refractivity contribution in [3.8, 4) is 61.9 Å². The predicted octanol–water partition coefficient (Wildman–Crippen LogP) is 15.6. The Morgan fingerprint density at radius 1 is 0.619 bits per heavy atom. The van der Waals surface area contributed by atoms with E-state index in [0.717, 1.165) is 72.7 Å². The molecule has 0 unspecified atom stereocenters. The van der Waals surface area contributed by atoms with Gasteiger partial charge < -0.3 is 14.0 Å². The number of rotatable bonds is 8. The van der Waals surface area contributed by atoms with Gasteiger partial charge in [-0.15, -0.1) is 47.0 Å². The fraction of sp³-hybridized carbons (Fsp3) is 0.138. The molecule has 0 saturated heterocycles. The molecule has 0 aliphatic rings. The molecule has 4 nitrogen and oxygen atoms in total. The van der Waals surface area contributed by atoms with Gasteiger partial charge in [-0.3, -0.25) is 4.98 Å². The van der Waals surface area contributed by atoms with Crippen LogP contribution in [-0.4, -0.2) is 14.5 Å². The van der Waals surface area contributed by atoms with Crippen molar-refractivity contribution in [1.29, 1.82) is 0 Å². The van der Waals surface area contributed by atoms with E-state index in [0.29, 0.717) is 0 Å². The quantitative estimate of drug-likeness (QED) is 0.143. The summed E-state index contributed by atoms with van der Waals surface area (Å²) in [4.78, 5) is 9.49. The van der Waals surface area contributed by atoms with Crippen molar-refractivity contribution in [3.63, 3.8) is 0 Å². The standard InChI is InChI=1S/C45H37N2O.C13H12N.Ir/c1-29(2)36-24-34(31-16-8-5-9-17-31)25-37(30(3)4)44(36)47-41-23-15-14-22-40(41)46-45(47)35-26-38(32-18-10-6-11-19-32)39-28-42(48-43(39)27-35)33-20-12-7-13-21-33;1-10-3-6-12(7-4-10)13-8-5-11(2)9-14-13;/h5-26,28-30H,1-4H3;3-6,8-9H,1-2H3;/q2*-1;/i;2D3;. The molecule has 0 N–H and O–H groups in total. The number of hydrogen-bond donors (Lipinski definition) is 0. The number of aryl methyl sites for hydroxylation is 2. The van der Waals surface area contributed by atoms with Gasteiger partial charge in [0.1, 0.15) is 5.76 Å². The Labute approximate surface area is 388 Å². The maximum absolute atomic E-state index is 7.26. The van der Waals surface area contributed by atoms with Crippen molar-refractivity contribution in [2.24, 2.45) is 0 Å². The van der Waals surface area contributed by atoms with Crippen LogP contribution in [0.2, 0.25) is 0 Å². The predicted molar refractivity (Wildman–Crippen MR) is 258 cm³/mol. The first-order chi connectivity index (χ1) is 31.4. The third-order valence-electron chi connectivity index (χ3n) is 11.3. The third kappa shape index (κ3) is 8.99. The Bertz CT molecular complexity index is 3200. The zero-order valence-corrected chi connectivity index (χ0v) is 38.4. The van der Waals surface area contributed by atoms with E-state index in [1.165, 1.54) is 34.1 Å². The first-order valence-corrected chi connectivity index (χ1v) is 21.2. The van der Waals surface area contributed by atoms with Crippen LogP contribution in [0.25, 0.3) is 83.9 Å². The van der Waals surface area contributed by atoms with Crippen LogP contribution >= 0.6 is 0 Å². The number of pyridine rings is 1. The number of nitrogens with zero attached hydrogens (tertiary/aromatic N) is 3. The van der Waals surface area contributed by atoms with Gasteiger partial charge in [0.05, 0.1) is 22.4 Å². The van der Waals surface area contributed by atoms with Crippen LogP contribution in [-0.2, 0) is 20.1 Å². The van der Waals surface area contributed by atoms with E-state index in [1.54, 1.807) is 12.1 Å². The molecule has 10 rings (SSSR count). The van der Waals surface area contributed by atoms with Crippen molar-refractivity contribution in [2.45, 2.75) is 53.3 Å². The SMILES string of the molecule is CC(C)c1cc(-c2ccccc2)cc(C(C)C)c1-n1c(-c2[c-]c3oc(-c4ccccc4)cc3c(-c3ccccc3)c2)nc2ccccc21.[2H]C([2H])([2H])c1ccc(-c2[c-]cc(C)cc2)nc1.[Ir]. The first-order valence-electron chi connectivity index (χ1n) is 22.7. The van der Waals surface area contributed by atoms with Gasteiger partial charge in [-0.2, -0.15) is 0 Å². The number of furan rings is 1. The molecular formula is C58H49IrN3O-2. The van der Waals surface area contributed by atoms with Gasteiger partial charge in [0.15, 0.2) is 0 Å². The zero-order chi connectivity index (χ0) is 45.2. The number of imidazole rings is 1. The van der Waals surface area contributed by atoms with E-state index in [9.17, 15) is 0 Å². The topological polar surface area (TPSA) is 43.9 Å². The molecule has 3 heterocycles. The van der Waals surface area contributed by atoms with Crippen molar-refractivity contribution in [1.82, 2.24) is 14.5 Å². The fourth-order valence-corrected chi connectivity index (χ4v) is 8.05. The summed E-state index contributed by atoms with van der Waals surface area (Å²) in [5, 5.41) is 1.03. The maximum atomic E-state index is 7.26. The molecule has 0 atom stereocenters. The summed E-state index contributed by atoms with van der Waals surface area (Å²) in [6, 6.07) is 65.0. The molecule has 313 valence electrons. The number of benzene rings is 7. The molecule has 3 aromatic heterocycles. The Hall–Kier alpha value is -6.65. The van der Waals surface area contributed by atoms with Crippen LogP contribution in [0.1, 0.15) is 65.9 Å². The molecule has 0 bridgehead atoms. The van der Waals surface area contributed by atoms with Gasteiger partial charge in [-0.25, -0.2) is 0 Å². The van der Waals surface area contributed by atoms with Gasteiger partial charge in [0, 0.05) is 41.7 Å². The summed E-state index contributed by atoms with van der Waals surface area (Å²) in [6.45, 7) is 9.05. The van der Waals surface area contributed by atoms with Crippen LogP contribution in [0.3, 0.4) is 0 Å². The monoisotopic (exact) mass is 999 g/mol. The average molecular weight is 999 g/mol. The Morgan fingerprint density at radius 2 is 1.24 bits per heavy atom. The summed E-state index contributed by atoms with van der Waals surface area (Å²) in [6.07, 6.45) is 1.40. The normalized spacial score (nSPS) is 12.1. The Kier molecular flexibility index (Phi) is 11.7. The van der Waals surface area contributed by atoms with Gasteiger partial charge in [-0.1, -0.05) is 167 Å². The van der Waals surface area contributed by atoms with E-state index in [-0.39, 0.29) is 37.5 Å². The molecule has 1 radical (unpaired) electrons. The first kappa shape index (κ1) is 39.2. The summed E-state index contributed by atoms with van der Waals surface area (Å²) >= 11 is 0. The van der Waals surface area contributed by atoms with Crippen LogP contribution < -0.4 is 0 Å². The van der Waals surface area contributed by atoms with Crippen molar-refractivity contribution in [2.75, 3.05) is 0 Å². The largest absolute Gasteiger partial charge is 0.477 e. The van der Waals surface area contributed by atoms with Gasteiger partial charge >= 0.3 is 0 Å². The third-order valence-corrected chi connectivity index (χ3v) is 11.3. The number of fused-ring (bicyclic) bond motifs is 2. The summed E-state index contributed by atoms with van der Waals surface area (Å²) < 4.78 is 30.8. The van der Waals surface area contributed by atoms with Crippen LogP contribution in [0, 0.1) is 25.9 Å². The van der Waals surface area contributed by atoms with E-state index in [4.69, 9.17) is 13.5 Å². The Balaban J connectivity index is 0.000000278. The second-order valence-electron chi connectivity index (χ2n) is 16.3. The molecule has 7 aromatic carbocycles. The van der Waals surface area contributed by atoms with E-state index < -0.39 is 6.85 Å². The number of aromatic nitrogens is 3. The van der Waals surface area contributed by atoms with Crippen LogP contribution in [0.5, 0.6) is 0 Å². The summed E-state index contributed by atoms with van der Waals surface area (Å²) in [5.74, 6) is 2.23. The summed E-state index contributed by atoms with van der Waals surface area (Å²) in [7, 11) is 0. The second kappa shape index (κ2) is 18.8. The van der Waals surface area contributed by atoms with Gasteiger partial charge in [-0.05, 0) is 88.1 Å². The maximum Gasteiger partial charge on any atom is 0.123 e. The van der Waals surface area contributed by atoms with E-state index >= 15 is 0 Å². The van der Waals surface area contributed by atoms with Crippen LogP contribution in [0.15, 0.2) is 180 Å². The molecule has 0 amide bonds.